The molecule has 0 saturated carbocycles. The van der Waals surface area contributed by atoms with Crippen molar-refractivity contribution >= 4 is 16.9 Å². The Morgan fingerprint density at radius 1 is 0.900 bits per heavy atom. The first kappa shape index (κ1) is 17.8. The van der Waals surface area contributed by atoms with Crippen LogP contribution < -0.4 is 5.73 Å². The first-order valence-corrected chi connectivity index (χ1v) is 9.16. The fraction of sp³-hybridized carbons (Fsp3) is 0.0476. The molecule has 0 amide bonds. The van der Waals surface area contributed by atoms with Crippen molar-refractivity contribution in [2.75, 3.05) is 5.73 Å². The van der Waals surface area contributed by atoms with Gasteiger partial charge in [0.2, 0.25) is 5.82 Å². The van der Waals surface area contributed by atoms with E-state index in [-0.39, 0.29) is 24.0 Å². The molecule has 8 nitrogen and oxygen atoms in total. The topological polar surface area (TPSA) is 108 Å². The van der Waals surface area contributed by atoms with Crippen LogP contribution in [-0.2, 0) is 6.54 Å². The zero-order valence-electron chi connectivity index (χ0n) is 15.6. The average molecular weight is 398 g/mol. The molecule has 0 atom stereocenters. The Morgan fingerprint density at radius 2 is 1.73 bits per heavy atom. The zero-order valence-corrected chi connectivity index (χ0v) is 15.6. The molecule has 0 aliphatic heterocycles. The summed E-state index contributed by atoms with van der Waals surface area (Å²) in [6.07, 6.45) is 4.95. The van der Waals surface area contributed by atoms with Gasteiger partial charge in [-0.05, 0) is 30.3 Å². The molecule has 9 heteroatoms. The first-order valence-electron chi connectivity index (χ1n) is 9.16. The second-order valence-electron chi connectivity index (χ2n) is 6.58. The number of nitrogen functional groups attached to an aromatic ring is 1. The van der Waals surface area contributed by atoms with Crippen LogP contribution in [0.1, 0.15) is 5.56 Å². The maximum absolute atomic E-state index is 14.1. The molecule has 5 aromatic rings. The predicted octanol–water partition coefficient (Wildman–Crippen LogP) is 3.11. The fourth-order valence-electron chi connectivity index (χ4n) is 3.23. The number of aromatic nitrogens is 7. The molecule has 5 rings (SSSR count). The van der Waals surface area contributed by atoms with Crippen LogP contribution in [0.25, 0.3) is 33.8 Å². The van der Waals surface area contributed by atoms with Gasteiger partial charge in [-0.3, -0.25) is 4.98 Å². The van der Waals surface area contributed by atoms with Crippen LogP contribution in [0.2, 0.25) is 0 Å². The lowest BCUT2D eigenvalue weighted by Gasteiger charge is -2.05. The summed E-state index contributed by atoms with van der Waals surface area (Å²) >= 11 is 0. The van der Waals surface area contributed by atoms with Crippen molar-refractivity contribution in [1.29, 1.82) is 0 Å². The number of anilines is 1. The summed E-state index contributed by atoms with van der Waals surface area (Å²) in [7, 11) is 0. The maximum atomic E-state index is 14.1. The number of nitrogens with two attached hydrogens (primary N) is 1. The van der Waals surface area contributed by atoms with E-state index < -0.39 is 0 Å². The van der Waals surface area contributed by atoms with E-state index >= 15 is 0 Å². The third-order valence-electron chi connectivity index (χ3n) is 4.66. The minimum absolute atomic E-state index is 0.220. The summed E-state index contributed by atoms with van der Waals surface area (Å²) < 4.78 is 15.8. The predicted molar refractivity (Wildman–Crippen MR) is 109 cm³/mol. The van der Waals surface area contributed by atoms with Crippen LogP contribution in [-0.4, -0.2) is 34.9 Å². The molecule has 0 saturated heterocycles. The van der Waals surface area contributed by atoms with Crippen LogP contribution >= 0.6 is 0 Å². The summed E-state index contributed by atoms with van der Waals surface area (Å²) in [6.45, 7) is 0.220. The lowest BCUT2D eigenvalue weighted by atomic mass is 10.2. The first-order chi connectivity index (χ1) is 14.7. The largest absolute Gasteiger partial charge is 0.382 e. The molecular formula is C21H15FN8. The number of nitrogens with zero attached hydrogens (tertiary/aromatic N) is 7. The van der Waals surface area contributed by atoms with E-state index in [2.05, 4.69) is 30.2 Å². The quantitative estimate of drug-likeness (QED) is 0.495. The van der Waals surface area contributed by atoms with Gasteiger partial charge in [0, 0.05) is 29.7 Å². The van der Waals surface area contributed by atoms with E-state index in [0.29, 0.717) is 22.6 Å². The van der Waals surface area contributed by atoms with Gasteiger partial charge < -0.3 is 5.73 Å². The van der Waals surface area contributed by atoms with Crippen LogP contribution in [0.5, 0.6) is 0 Å². The summed E-state index contributed by atoms with van der Waals surface area (Å²) in [6, 6.07) is 13.8. The van der Waals surface area contributed by atoms with Crippen molar-refractivity contribution in [1.82, 2.24) is 34.9 Å². The van der Waals surface area contributed by atoms with Gasteiger partial charge in [0.1, 0.15) is 17.2 Å². The van der Waals surface area contributed by atoms with Crippen molar-refractivity contribution < 1.29 is 4.39 Å². The highest BCUT2D eigenvalue weighted by molar-refractivity contribution is 5.89. The number of hydrogen-bond acceptors (Lipinski definition) is 7. The van der Waals surface area contributed by atoms with E-state index in [0.717, 1.165) is 10.9 Å². The van der Waals surface area contributed by atoms with Gasteiger partial charge in [-0.1, -0.05) is 18.2 Å². The van der Waals surface area contributed by atoms with Gasteiger partial charge in [-0.2, -0.15) is 5.10 Å². The second-order valence-corrected chi connectivity index (χ2v) is 6.58. The van der Waals surface area contributed by atoms with Crippen molar-refractivity contribution in [3.05, 3.63) is 78.5 Å². The van der Waals surface area contributed by atoms with Gasteiger partial charge in [0.15, 0.2) is 11.5 Å². The molecule has 4 heterocycles. The molecule has 0 fully saturated rings. The monoisotopic (exact) mass is 398 g/mol. The van der Waals surface area contributed by atoms with Crippen molar-refractivity contribution in [3.8, 4) is 22.8 Å². The Labute approximate surface area is 170 Å². The third-order valence-corrected chi connectivity index (χ3v) is 4.66. The highest BCUT2D eigenvalue weighted by Crippen LogP contribution is 2.27. The van der Waals surface area contributed by atoms with Crippen LogP contribution in [0.15, 0.2) is 67.1 Å². The Balaban J connectivity index is 1.60. The Hall–Kier alpha value is -4.27. The van der Waals surface area contributed by atoms with E-state index in [9.17, 15) is 4.39 Å². The third kappa shape index (κ3) is 3.12. The lowest BCUT2D eigenvalue weighted by Crippen LogP contribution is -2.05. The van der Waals surface area contributed by atoms with Gasteiger partial charge in [0.05, 0.1) is 11.9 Å². The molecule has 2 N–H and O–H groups in total. The molecule has 30 heavy (non-hydrogen) atoms. The number of fused-ring (bicyclic) bond motifs is 1. The zero-order chi connectivity index (χ0) is 20.5. The summed E-state index contributed by atoms with van der Waals surface area (Å²) in [4.78, 5) is 12.8. The van der Waals surface area contributed by atoms with Crippen molar-refractivity contribution in [2.24, 2.45) is 0 Å². The van der Waals surface area contributed by atoms with Gasteiger partial charge in [-0.15, -0.1) is 10.2 Å². The number of rotatable bonds is 4. The molecule has 0 radical (unpaired) electrons. The van der Waals surface area contributed by atoms with Crippen molar-refractivity contribution in [3.63, 3.8) is 0 Å². The van der Waals surface area contributed by atoms with Crippen LogP contribution in [0, 0.1) is 5.82 Å². The Bertz CT molecular complexity index is 1350. The van der Waals surface area contributed by atoms with Crippen LogP contribution in [0.4, 0.5) is 10.2 Å². The summed E-state index contributed by atoms with van der Waals surface area (Å²) in [5.41, 5.74) is 8.97. The molecular weight excluding hydrogens is 383 g/mol. The highest BCUT2D eigenvalue weighted by atomic mass is 19.1. The SMILES string of the molecule is Nc1nc(-c2nn(Cc3ccccc3F)c3ncccc23)nnc1-c1ccncc1. The number of hydrogen-bond donors (Lipinski definition) is 1. The molecule has 4 aromatic heterocycles. The molecule has 0 unspecified atom stereocenters. The van der Waals surface area contributed by atoms with Gasteiger partial charge in [-0.25, -0.2) is 19.0 Å². The highest BCUT2D eigenvalue weighted by Gasteiger charge is 2.18. The van der Waals surface area contributed by atoms with Crippen molar-refractivity contribution in [2.45, 2.75) is 6.54 Å². The van der Waals surface area contributed by atoms with E-state index in [1.807, 2.05) is 6.07 Å². The van der Waals surface area contributed by atoms with Crippen LogP contribution in [0.3, 0.4) is 0 Å². The minimum Gasteiger partial charge on any atom is -0.382 e. The molecule has 146 valence electrons. The smallest absolute Gasteiger partial charge is 0.204 e. The molecule has 0 bridgehead atoms. The van der Waals surface area contributed by atoms with Gasteiger partial charge >= 0.3 is 0 Å². The Kier molecular flexibility index (Phi) is 4.32. The second kappa shape index (κ2) is 7.28. The normalized spacial score (nSPS) is 11.1. The molecule has 0 spiro atoms. The Morgan fingerprint density at radius 3 is 2.53 bits per heavy atom. The maximum Gasteiger partial charge on any atom is 0.204 e. The number of pyridine rings is 2. The summed E-state index contributed by atoms with van der Waals surface area (Å²) in [5, 5.41) is 13.8. The molecule has 1 aromatic carbocycles. The van der Waals surface area contributed by atoms with E-state index in [1.165, 1.54) is 6.07 Å². The minimum atomic E-state index is -0.303. The fourth-order valence-corrected chi connectivity index (χ4v) is 3.23. The lowest BCUT2D eigenvalue weighted by molar-refractivity contribution is 0.589. The van der Waals surface area contributed by atoms with E-state index in [4.69, 9.17) is 5.73 Å². The molecule has 0 aliphatic rings. The van der Waals surface area contributed by atoms with E-state index in [1.54, 1.807) is 59.7 Å². The number of halogens is 1. The average Bonchev–Trinajstić information content (AvgIpc) is 3.14. The summed E-state index contributed by atoms with van der Waals surface area (Å²) in [5.74, 6) is 0.199. The number of benzene rings is 1. The van der Waals surface area contributed by atoms with Gasteiger partial charge in [0.25, 0.3) is 0 Å². The standard InChI is InChI=1S/C21H15FN8/c22-16-6-2-1-4-14(16)12-30-21-15(5-3-9-25-21)18(29-30)20-26-19(23)17(27-28-20)13-7-10-24-11-8-13/h1-11H,12H2,(H2,23,26,28). The molecule has 0 aliphatic carbocycles.